The van der Waals surface area contributed by atoms with Crippen LogP contribution in [0.2, 0.25) is 0 Å². The Morgan fingerprint density at radius 1 is 1.38 bits per heavy atom. The van der Waals surface area contributed by atoms with Gasteiger partial charge >= 0.3 is 5.97 Å². The van der Waals surface area contributed by atoms with Crippen LogP contribution in [0.15, 0.2) is 0 Å². The van der Waals surface area contributed by atoms with Crippen molar-refractivity contribution in [2.24, 2.45) is 0 Å². The van der Waals surface area contributed by atoms with Crippen molar-refractivity contribution in [3.05, 3.63) is 11.4 Å². The quantitative estimate of drug-likeness (QED) is 0.548. The highest BCUT2D eigenvalue weighted by Gasteiger charge is 2.16. The number of ether oxygens (including phenoxy) is 1. The van der Waals surface area contributed by atoms with Crippen molar-refractivity contribution in [3.63, 3.8) is 0 Å². The Balaban J connectivity index is 2.64. The molecule has 5 heteroatoms. The second-order valence-corrected chi connectivity index (χ2v) is 3.67. The van der Waals surface area contributed by atoms with Gasteiger partial charge in [-0.2, -0.15) is 0 Å². The van der Waals surface area contributed by atoms with E-state index in [1.165, 1.54) is 6.42 Å². The summed E-state index contributed by atoms with van der Waals surface area (Å²) in [7, 11) is 0. The minimum Gasteiger partial charge on any atom is -0.461 e. The summed E-state index contributed by atoms with van der Waals surface area (Å²) < 4.78 is 6.66. The molecule has 0 aromatic carbocycles. The molecule has 1 aromatic rings. The normalized spacial score (nSPS) is 10.4. The van der Waals surface area contributed by atoms with Gasteiger partial charge in [0.1, 0.15) is 0 Å². The fraction of sp³-hybridized carbons (Fsp3) is 0.727. The van der Waals surface area contributed by atoms with E-state index in [2.05, 4.69) is 17.2 Å². The second kappa shape index (κ2) is 6.25. The summed E-state index contributed by atoms with van der Waals surface area (Å²) in [5, 5.41) is 7.81. The highest BCUT2D eigenvalue weighted by Crippen LogP contribution is 2.07. The maximum absolute atomic E-state index is 11.5. The van der Waals surface area contributed by atoms with E-state index >= 15 is 0 Å². The number of aryl methyl sites for hydroxylation is 1. The van der Waals surface area contributed by atoms with Crippen LogP contribution in [0.3, 0.4) is 0 Å². The molecule has 0 saturated carbocycles. The lowest BCUT2D eigenvalue weighted by atomic mass is 10.2. The number of rotatable bonds is 6. The largest absolute Gasteiger partial charge is 0.461 e. The predicted octanol–water partition coefficient (Wildman–Crippen LogP) is 1.95. The maximum Gasteiger partial charge on any atom is 0.360 e. The number of hydrogen-bond donors (Lipinski definition) is 0. The smallest absolute Gasteiger partial charge is 0.360 e. The zero-order chi connectivity index (χ0) is 12.0. The lowest BCUT2D eigenvalue weighted by molar-refractivity contribution is 0.0518. The van der Waals surface area contributed by atoms with Crippen molar-refractivity contribution in [3.8, 4) is 0 Å². The lowest BCUT2D eigenvalue weighted by Gasteiger charge is -2.02. The van der Waals surface area contributed by atoms with Crippen LogP contribution >= 0.6 is 0 Å². The number of carbonyl (C=O) groups excluding carboxylic acids is 1. The first kappa shape index (κ1) is 12.7. The van der Waals surface area contributed by atoms with E-state index in [9.17, 15) is 4.79 Å². The molecule has 0 atom stereocenters. The van der Waals surface area contributed by atoms with Gasteiger partial charge in [0.25, 0.3) is 0 Å². The van der Waals surface area contributed by atoms with Crippen LogP contribution in [0, 0.1) is 6.92 Å². The molecule has 90 valence electrons. The molecule has 1 heterocycles. The van der Waals surface area contributed by atoms with Gasteiger partial charge < -0.3 is 4.74 Å². The molecule has 0 fully saturated rings. The fourth-order valence-electron chi connectivity index (χ4n) is 1.47. The average molecular weight is 225 g/mol. The van der Waals surface area contributed by atoms with Crippen LogP contribution < -0.4 is 0 Å². The molecule has 0 spiro atoms. The molecule has 0 aliphatic carbocycles. The minimum absolute atomic E-state index is 0.332. The predicted molar refractivity (Wildman–Crippen MR) is 60.2 cm³/mol. The van der Waals surface area contributed by atoms with Gasteiger partial charge in [0.05, 0.1) is 12.3 Å². The Hall–Kier alpha value is -1.39. The van der Waals surface area contributed by atoms with Gasteiger partial charge in [-0.1, -0.05) is 25.0 Å². The van der Waals surface area contributed by atoms with Crippen molar-refractivity contribution in [1.29, 1.82) is 0 Å². The Labute approximate surface area is 95.8 Å². The molecule has 1 rings (SSSR count). The highest BCUT2D eigenvalue weighted by molar-refractivity contribution is 5.88. The van der Waals surface area contributed by atoms with Crippen LogP contribution in [0.4, 0.5) is 0 Å². The number of unbranched alkanes of at least 4 members (excludes halogenated alkanes) is 2. The number of aromatic nitrogens is 3. The van der Waals surface area contributed by atoms with Crippen molar-refractivity contribution >= 4 is 5.97 Å². The van der Waals surface area contributed by atoms with Crippen molar-refractivity contribution < 1.29 is 9.53 Å². The fourth-order valence-corrected chi connectivity index (χ4v) is 1.47. The average Bonchev–Trinajstić information content (AvgIpc) is 2.61. The second-order valence-electron chi connectivity index (χ2n) is 3.67. The molecule has 0 saturated heterocycles. The summed E-state index contributed by atoms with van der Waals surface area (Å²) in [6, 6.07) is 0. The van der Waals surface area contributed by atoms with E-state index in [-0.39, 0.29) is 5.97 Å². The monoisotopic (exact) mass is 225 g/mol. The van der Waals surface area contributed by atoms with E-state index in [0.717, 1.165) is 25.1 Å². The summed E-state index contributed by atoms with van der Waals surface area (Å²) in [6.07, 6.45) is 3.38. The van der Waals surface area contributed by atoms with Crippen LogP contribution in [0.1, 0.15) is 49.3 Å². The molecule has 0 amide bonds. The zero-order valence-electron chi connectivity index (χ0n) is 10.2. The van der Waals surface area contributed by atoms with Crippen LogP contribution in [-0.4, -0.2) is 27.6 Å². The third-order valence-electron chi connectivity index (χ3n) is 2.42. The van der Waals surface area contributed by atoms with Gasteiger partial charge in [-0.25, -0.2) is 9.48 Å². The first-order valence-corrected chi connectivity index (χ1v) is 5.77. The van der Waals surface area contributed by atoms with E-state index in [0.29, 0.717) is 12.3 Å². The van der Waals surface area contributed by atoms with E-state index in [4.69, 9.17) is 4.74 Å². The molecule has 0 unspecified atom stereocenters. The third kappa shape index (κ3) is 3.05. The first-order valence-electron chi connectivity index (χ1n) is 5.77. The third-order valence-corrected chi connectivity index (χ3v) is 2.42. The summed E-state index contributed by atoms with van der Waals surface area (Å²) in [5.41, 5.74) is 1.12. The Kier molecular flexibility index (Phi) is 4.95. The molecule has 5 nitrogen and oxygen atoms in total. The number of esters is 1. The molecule has 0 bridgehead atoms. The van der Waals surface area contributed by atoms with Gasteiger partial charge in [0.15, 0.2) is 5.69 Å². The topological polar surface area (TPSA) is 57.0 Å². The number of nitrogens with zero attached hydrogens (tertiary/aromatic N) is 3. The van der Waals surface area contributed by atoms with Crippen LogP contribution in [-0.2, 0) is 11.3 Å². The van der Waals surface area contributed by atoms with Crippen molar-refractivity contribution in [2.45, 2.75) is 46.6 Å². The van der Waals surface area contributed by atoms with Gasteiger partial charge in [-0.15, -0.1) is 5.10 Å². The van der Waals surface area contributed by atoms with Gasteiger partial charge in [0, 0.05) is 6.54 Å². The van der Waals surface area contributed by atoms with E-state index < -0.39 is 0 Å². The summed E-state index contributed by atoms with van der Waals surface area (Å²) in [6.45, 7) is 6.95. The van der Waals surface area contributed by atoms with Crippen molar-refractivity contribution in [2.75, 3.05) is 6.61 Å². The molecular formula is C11H19N3O2. The number of carbonyl (C=O) groups is 1. The molecular weight excluding hydrogens is 206 g/mol. The maximum atomic E-state index is 11.5. The number of hydrogen-bond acceptors (Lipinski definition) is 4. The highest BCUT2D eigenvalue weighted by atomic mass is 16.5. The van der Waals surface area contributed by atoms with Crippen molar-refractivity contribution in [1.82, 2.24) is 15.0 Å². The van der Waals surface area contributed by atoms with E-state index in [1.807, 2.05) is 6.92 Å². The Bertz CT molecular complexity index is 347. The standard InChI is InChI=1S/C11H19N3O2/c1-4-6-7-8-14-9(3)10(12-13-14)11(15)16-5-2/h4-8H2,1-3H3. The molecule has 0 radical (unpaired) electrons. The van der Waals surface area contributed by atoms with Crippen LogP contribution in [0.25, 0.3) is 0 Å². The molecule has 0 N–H and O–H groups in total. The molecule has 1 aromatic heterocycles. The summed E-state index contributed by atoms with van der Waals surface area (Å²) >= 11 is 0. The molecule has 0 aliphatic heterocycles. The summed E-state index contributed by atoms with van der Waals surface area (Å²) in [5.74, 6) is -0.387. The Morgan fingerprint density at radius 3 is 2.75 bits per heavy atom. The van der Waals surface area contributed by atoms with E-state index in [1.54, 1.807) is 11.6 Å². The first-order chi connectivity index (χ1) is 7.70. The molecule has 16 heavy (non-hydrogen) atoms. The zero-order valence-corrected chi connectivity index (χ0v) is 10.2. The minimum atomic E-state index is -0.387. The Morgan fingerprint density at radius 2 is 2.12 bits per heavy atom. The molecule has 0 aliphatic rings. The van der Waals surface area contributed by atoms with Gasteiger partial charge in [-0.3, -0.25) is 0 Å². The SMILES string of the molecule is CCCCCn1nnc(C(=O)OCC)c1C. The van der Waals surface area contributed by atoms with Crippen LogP contribution in [0.5, 0.6) is 0 Å². The summed E-state index contributed by atoms with van der Waals surface area (Å²) in [4.78, 5) is 11.5. The van der Waals surface area contributed by atoms with Gasteiger partial charge in [0.2, 0.25) is 0 Å². The van der Waals surface area contributed by atoms with Gasteiger partial charge in [-0.05, 0) is 20.3 Å². The lowest BCUT2D eigenvalue weighted by Crippen LogP contribution is -2.08.